The number of carboxylic acids is 1. The molecule has 0 aliphatic carbocycles. The molecule has 0 radical (unpaired) electrons. The lowest BCUT2D eigenvalue weighted by atomic mass is 10.0. The average Bonchev–Trinajstić information content (AvgIpc) is 2.69. The number of aromatic nitrogens is 1. The van der Waals surface area contributed by atoms with Crippen molar-refractivity contribution in [3.63, 3.8) is 0 Å². The summed E-state index contributed by atoms with van der Waals surface area (Å²) < 4.78 is 2.28. The topological polar surface area (TPSA) is 68.2 Å². The second kappa shape index (κ2) is 6.09. The molecule has 0 atom stereocenters. The first-order valence-electron chi connectivity index (χ1n) is 7.15. The second-order valence-corrected chi connectivity index (χ2v) is 5.14. The fraction of sp³-hybridized carbons (Fsp3) is 0.438. The third-order valence-corrected chi connectivity index (χ3v) is 3.78. The molecule has 4 nitrogen and oxygen atoms in total. The fourth-order valence-corrected chi connectivity index (χ4v) is 2.79. The van der Waals surface area contributed by atoms with Crippen molar-refractivity contribution in [2.45, 2.75) is 39.7 Å². The molecule has 0 amide bonds. The Kier molecular flexibility index (Phi) is 4.45. The van der Waals surface area contributed by atoms with E-state index in [1.807, 2.05) is 6.07 Å². The largest absolute Gasteiger partial charge is 0.478 e. The molecule has 0 saturated carbocycles. The van der Waals surface area contributed by atoms with E-state index in [-0.39, 0.29) is 0 Å². The first kappa shape index (κ1) is 14.6. The smallest absolute Gasteiger partial charge is 0.335 e. The van der Waals surface area contributed by atoms with Crippen molar-refractivity contribution in [1.82, 2.24) is 4.57 Å². The van der Waals surface area contributed by atoms with E-state index in [9.17, 15) is 4.79 Å². The van der Waals surface area contributed by atoms with Gasteiger partial charge in [0.15, 0.2) is 0 Å². The minimum atomic E-state index is -0.877. The molecule has 0 saturated heterocycles. The van der Waals surface area contributed by atoms with Crippen LogP contribution >= 0.6 is 0 Å². The van der Waals surface area contributed by atoms with Crippen molar-refractivity contribution in [3.8, 4) is 0 Å². The third kappa shape index (κ3) is 2.56. The van der Waals surface area contributed by atoms with E-state index in [1.165, 1.54) is 11.3 Å². The summed E-state index contributed by atoms with van der Waals surface area (Å²) >= 11 is 0. The van der Waals surface area contributed by atoms with Gasteiger partial charge in [-0.15, -0.1) is 0 Å². The number of carboxylic acid groups (broad SMARTS) is 1. The van der Waals surface area contributed by atoms with Crippen LogP contribution in [0, 0.1) is 6.92 Å². The lowest BCUT2D eigenvalue weighted by Crippen LogP contribution is -2.02. The van der Waals surface area contributed by atoms with Crippen LogP contribution in [0.4, 0.5) is 0 Å². The Hall–Kier alpha value is -1.81. The van der Waals surface area contributed by atoms with Gasteiger partial charge < -0.3 is 15.4 Å². The number of aromatic carboxylic acids is 1. The summed E-state index contributed by atoms with van der Waals surface area (Å²) in [4.78, 5) is 11.2. The van der Waals surface area contributed by atoms with Crippen molar-refractivity contribution in [3.05, 3.63) is 35.0 Å². The molecule has 0 bridgehead atoms. The summed E-state index contributed by atoms with van der Waals surface area (Å²) in [5.41, 5.74) is 9.56. The van der Waals surface area contributed by atoms with Gasteiger partial charge >= 0.3 is 5.97 Å². The summed E-state index contributed by atoms with van der Waals surface area (Å²) in [6, 6.07) is 5.40. The summed E-state index contributed by atoms with van der Waals surface area (Å²) in [7, 11) is 0. The zero-order valence-electron chi connectivity index (χ0n) is 12.1. The highest BCUT2D eigenvalue weighted by Crippen LogP contribution is 2.28. The molecule has 0 unspecified atom stereocenters. The molecule has 0 aliphatic rings. The molecule has 1 aromatic heterocycles. The van der Waals surface area contributed by atoms with E-state index in [1.54, 1.807) is 12.1 Å². The average molecular weight is 274 g/mol. The summed E-state index contributed by atoms with van der Waals surface area (Å²) in [5.74, 6) is -0.877. The highest BCUT2D eigenvalue weighted by molar-refractivity contribution is 5.95. The normalized spacial score (nSPS) is 11.2. The standard InChI is InChI=1S/C16H22N2O2/c1-3-9-18-11(2)13(5-4-8-17)14-10-12(16(19)20)6-7-15(14)18/h6-7,10H,3-5,8-9,17H2,1-2H3,(H,19,20). The number of fused-ring (bicyclic) bond motifs is 1. The van der Waals surface area contributed by atoms with Crippen LogP contribution in [-0.2, 0) is 13.0 Å². The number of aryl methyl sites for hydroxylation is 2. The van der Waals surface area contributed by atoms with Gasteiger partial charge in [-0.1, -0.05) is 6.92 Å². The lowest BCUT2D eigenvalue weighted by molar-refractivity contribution is 0.0697. The molecular weight excluding hydrogens is 252 g/mol. The van der Waals surface area contributed by atoms with Gasteiger partial charge in [0.1, 0.15) is 0 Å². The zero-order valence-corrected chi connectivity index (χ0v) is 12.1. The predicted octanol–water partition coefficient (Wildman–Crippen LogP) is 2.95. The minimum Gasteiger partial charge on any atom is -0.478 e. The van der Waals surface area contributed by atoms with Gasteiger partial charge in [-0.2, -0.15) is 0 Å². The quantitative estimate of drug-likeness (QED) is 0.851. The number of nitrogens with two attached hydrogens (primary N) is 1. The molecule has 1 heterocycles. The molecule has 0 spiro atoms. The van der Waals surface area contributed by atoms with Crippen molar-refractivity contribution in [2.75, 3.05) is 6.54 Å². The monoisotopic (exact) mass is 274 g/mol. The Morgan fingerprint density at radius 3 is 2.75 bits per heavy atom. The summed E-state index contributed by atoms with van der Waals surface area (Å²) in [5, 5.41) is 10.2. The maximum absolute atomic E-state index is 11.2. The second-order valence-electron chi connectivity index (χ2n) is 5.14. The number of nitrogens with zero attached hydrogens (tertiary/aromatic N) is 1. The van der Waals surface area contributed by atoms with Crippen molar-refractivity contribution in [2.24, 2.45) is 5.73 Å². The SMILES string of the molecule is CCCn1c(C)c(CCCN)c2cc(C(=O)O)ccc21. The Labute approximate surface area is 119 Å². The lowest BCUT2D eigenvalue weighted by Gasteiger charge is -2.06. The first-order chi connectivity index (χ1) is 9.60. The Bertz CT molecular complexity index is 629. The summed E-state index contributed by atoms with van der Waals surface area (Å²) in [6.45, 7) is 5.87. The molecule has 0 fully saturated rings. The zero-order chi connectivity index (χ0) is 14.7. The number of hydrogen-bond acceptors (Lipinski definition) is 2. The fourth-order valence-electron chi connectivity index (χ4n) is 2.79. The van der Waals surface area contributed by atoms with E-state index in [4.69, 9.17) is 10.8 Å². The van der Waals surface area contributed by atoms with Crippen LogP contribution in [-0.4, -0.2) is 22.2 Å². The third-order valence-electron chi connectivity index (χ3n) is 3.78. The summed E-state index contributed by atoms with van der Waals surface area (Å²) in [6.07, 6.45) is 2.88. The molecule has 1 aromatic carbocycles. The van der Waals surface area contributed by atoms with Crippen LogP contribution in [0.5, 0.6) is 0 Å². The van der Waals surface area contributed by atoms with Crippen LogP contribution in [0.15, 0.2) is 18.2 Å². The highest BCUT2D eigenvalue weighted by atomic mass is 16.4. The van der Waals surface area contributed by atoms with Crippen LogP contribution in [0.1, 0.15) is 41.4 Å². The molecular formula is C16H22N2O2. The van der Waals surface area contributed by atoms with Crippen molar-refractivity contribution >= 4 is 16.9 Å². The molecule has 3 N–H and O–H groups in total. The van der Waals surface area contributed by atoms with Crippen LogP contribution in [0.25, 0.3) is 10.9 Å². The van der Waals surface area contributed by atoms with Gasteiger partial charge in [-0.25, -0.2) is 4.79 Å². The van der Waals surface area contributed by atoms with Gasteiger partial charge in [0.25, 0.3) is 0 Å². The van der Waals surface area contributed by atoms with Gasteiger partial charge in [0.05, 0.1) is 5.56 Å². The van der Waals surface area contributed by atoms with E-state index >= 15 is 0 Å². The maximum Gasteiger partial charge on any atom is 0.335 e. The van der Waals surface area contributed by atoms with Crippen LogP contribution in [0.3, 0.4) is 0 Å². The molecule has 108 valence electrons. The van der Waals surface area contributed by atoms with Gasteiger partial charge in [-0.05, 0) is 56.5 Å². The first-order valence-corrected chi connectivity index (χ1v) is 7.15. The highest BCUT2D eigenvalue weighted by Gasteiger charge is 2.15. The van der Waals surface area contributed by atoms with Crippen molar-refractivity contribution in [1.29, 1.82) is 0 Å². The Morgan fingerprint density at radius 1 is 1.40 bits per heavy atom. The van der Waals surface area contributed by atoms with E-state index in [0.717, 1.165) is 36.7 Å². The number of carbonyl (C=O) groups is 1. The number of rotatable bonds is 6. The van der Waals surface area contributed by atoms with Crippen molar-refractivity contribution < 1.29 is 9.90 Å². The van der Waals surface area contributed by atoms with E-state index in [0.29, 0.717) is 12.1 Å². The Balaban J connectivity index is 2.63. The molecule has 4 heteroatoms. The number of hydrogen-bond donors (Lipinski definition) is 2. The van der Waals surface area contributed by atoms with Crippen LogP contribution in [0.2, 0.25) is 0 Å². The van der Waals surface area contributed by atoms with Gasteiger partial charge in [-0.3, -0.25) is 0 Å². The molecule has 20 heavy (non-hydrogen) atoms. The maximum atomic E-state index is 11.2. The Morgan fingerprint density at radius 2 is 2.15 bits per heavy atom. The minimum absolute atomic E-state index is 0.347. The molecule has 2 rings (SSSR count). The van der Waals surface area contributed by atoms with E-state index in [2.05, 4.69) is 18.4 Å². The number of benzene rings is 1. The molecule has 2 aromatic rings. The van der Waals surface area contributed by atoms with Gasteiger partial charge in [0.2, 0.25) is 0 Å². The van der Waals surface area contributed by atoms with Crippen LogP contribution < -0.4 is 5.73 Å². The van der Waals surface area contributed by atoms with Gasteiger partial charge in [0, 0.05) is 23.1 Å². The predicted molar refractivity (Wildman–Crippen MR) is 81.3 cm³/mol. The van der Waals surface area contributed by atoms with E-state index < -0.39 is 5.97 Å². The molecule has 0 aliphatic heterocycles.